The van der Waals surface area contributed by atoms with Crippen molar-refractivity contribution in [3.05, 3.63) is 65.2 Å². The maximum atomic E-state index is 13.2. The maximum Gasteiger partial charge on any atom is 0.335 e. The van der Waals surface area contributed by atoms with E-state index in [4.69, 9.17) is 25.8 Å². The fraction of sp³-hybridized carbons (Fsp3) is 0.240. The van der Waals surface area contributed by atoms with Crippen molar-refractivity contribution >= 4 is 41.2 Å². The van der Waals surface area contributed by atoms with Gasteiger partial charge in [0.05, 0.1) is 23.9 Å². The van der Waals surface area contributed by atoms with Crippen LogP contribution < -0.4 is 24.4 Å². The molecule has 0 radical (unpaired) electrons. The first-order valence-electron chi connectivity index (χ1n) is 10.7. The van der Waals surface area contributed by atoms with Gasteiger partial charge in [-0.3, -0.25) is 14.9 Å². The van der Waals surface area contributed by atoms with Crippen LogP contribution in [0.5, 0.6) is 17.2 Å². The first-order chi connectivity index (χ1) is 16.4. The van der Waals surface area contributed by atoms with Crippen LogP contribution >= 0.6 is 11.6 Å². The number of barbiturate groups is 1. The van der Waals surface area contributed by atoms with Crippen LogP contribution in [0.15, 0.2) is 54.6 Å². The summed E-state index contributed by atoms with van der Waals surface area (Å²) in [5, 5.41) is 2.43. The smallest absolute Gasteiger partial charge is 0.335 e. The third-order valence-corrected chi connectivity index (χ3v) is 4.94. The molecule has 0 aliphatic carbocycles. The van der Waals surface area contributed by atoms with Gasteiger partial charge in [0.15, 0.2) is 11.5 Å². The van der Waals surface area contributed by atoms with E-state index in [9.17, 15) is 14.4 Å². The zero-order chi connectivity index (χ0) is 24.7. The van der Waals surface area contributed by atoms with Crippen LogP contribution in [0.3, 0.4) is 0 Å². The second kappa shape index (κ2) is 11.4. The molecule has 0 saturated carbocycles. The highest BCUT2D eigenvalue weighted by atomic mass is 35.5. The number of anilines is 1. The molecule has 0 unspecified atom stereocenters. The van der Waals surface area contributed by atoms with Gasteiger partial charge in [0.2, 0.25) is 0 Å². The Hall–Kier alpha value is -3.78. The summed E-state index contributed by atoms with van der Waals surface area (Å²) in [5.74, 6) is -0.290. The molecule has 0 spiro atoms. The number of halogens is 1. The second-order valence-corrected chi connectivity index (χ2v) is 7.57. The van der Waals surface area contributed by atoms with Crippen LogP contribution in [-0.4, -0.2) is 37.7 Å². The molecule has 3 rings (SSSR count). The minimum Gasteiger partial charge on any atom is -0.494 e. The largest absolute Gasteiger partial charge is 0.494 e. The van der Waals surface area contributed by atoms with Crippen LogP contribution in [0.1, 0.15) is 25.8 Å². The molecule has 34 heavy (non-hydrogen) atoms. The van der Waals surface area contributed by atoms with E-state index in [1.165, 1.54) is 12.1 Å². The number of ether oxygens (including phenoxy) is 3. The molecule has 0 atom stereocenters. The highest BCUT2D eigenvalue weighted by Crippen LogP contribution is 2.37. The number of nitrogens with one attached hydrogen (secondary N) is 1. The molecule has 4 amide bonds. The van der Waals surface area contributed by atoms with Crippen molar-refractivity contribution < 1.29 is 28.6 Å². The van der Waals surface area contributed by atoms with Gasteiger partial charge in [-0.2, -0.15) is 0 Å². The van der Waals surface area contributed by atoms with Gasteiger partial charge in [-0.25, -0.2) is 9.69 Å². The summed E-state index contributed by atoms with van der Waals surface area (Å²) in [6, 6.07) is 8.76. The maximum absolute atomic E-state index is 13.2. The van der Waals surface area contributed by atoms with Crippen molar-refractivity contribution in [2.45, 2.75) is 20.3 Å². The Bertz CT molecular complexity index is 1130. The minimum absolute atomic E-state index is 0.223. The summed E-state index contributed by atoms with van der Waals surface area (Å²) in [6.45, 7) is 8.52. The van der Waals surface area contributed by atoms with Crippen molar-refractivity contribution in [2.75, 3.05) is 24.7 Å². The molecule has 1 fully saturated rings. The van der Waals surface area contributed by atoms with Gasteiger partial charge in [-0.05, 0) is 61.4 Å². The summed E-state index contributed by atoms with van der Waals surface area (Å²) < 4.78 is 16.7. The number of carbonyl (C=O) groups is 3. The Morgan fingerprint density at radius 3 is 2.44 bits per heavy atom. The zero-order valence-electron chi connectivity index (χ0n) is 18.9. The molecule has 1 saturated heterocycles. The third-order valence-electron chi connectivity index (χ3n) is 4.66. The number of nitrogens with zero attached hydrogens (tertiary/aromatic N) is 1. The van der Waals surface area contributed by atoms with Gasteiger partial charge in [0.1, 0.15) is 17.9 Å². The second-order valence-electron chi connectivity index (χ2n) is 7.16. The van der Waals surface area contributed by atoms with Crippen molar-refractivity contribution in [1.29, 1.82) is 0 Å². The minimum atomic E-state index is -0.837. The van der Waals surface area contributed by atoms with Crippen molar-refractivity contribution in [1.82, 2.24) is 5.32 Å². The molecular formula is C25H25ClN2O6. The molecule has 9 heteroatoms. The van der Waals surface area contributed by atoms with Gasteiger partial charge in [-0.1, -0.05) is 31.2 Å². The van der Waals surface area contributed by atoms with E-state index in [2.05, 4.69) is 11.9 Å². The Labute approximate surface area is 202 Å². The van der Waals surface area contributed by atoms with E-state index in [1.807, 2.05) is 6.92 Å². The first kappa shape index (κ1) is 24.9. The fourth-order valence-electron chi connectivity index (χ4n) is 3.19. The number of hydrogen-bond acceptors (Lipinski definition) is 6. The standard InChI is InChI=1S/C25H25ClN2O6/c1-4-11-33-18-9-7-17(8-10-18)28-24(30)19(23(29)27-25(28)31)13-16-14-20(26)22(34-12-5-2)21(15-16)32-6-3/h5,7-10,13-15H,2,4,6,11-12H2,1,3H3,(H,27,29,31)/b19-13-. The molecule has 2 aromatic carbocycles. The number of urea groups is 1. The summed E-state index contributed by atoms with van der Waals surface area (Å²) >= 11 is 6.36. The zero-order valence-corrected chi connectivity index (χ0v) is 19.7. The summed E-state index contributed by atoms with van der Waals surface area (Å²) in [6.07, 6.45) is 3.77. The molecule has 1 heterocycles. The number of hydrogen-bond donors (Lipinski definition) is 1. The normalized spacial score (nSPS) is 14.7. The fourth-order valence-corrected chi connectivity index (χ4v) is 3.46. The molecule has 8 nitrogen and oxygen atoms in total. The molecule has 178 valence electrons. The average molecular weight is 485 g/mol. The Balaban J connectivity index is 1.95. The SMILES string of the molecule is C=CCOc1c(Cl)cc(/C=C2/C(=O)NC(=O)N(c3ccc(OCCC)cc3)C2=O)cc1OCC. The number of imide groups is 2. The van der Waals surface area contributed by atoms with Crippen LogP contribution in [0.25, 0.3) is 6.08 Å². The van der Waals surface area contributed by atoms with Crippen LogP contribution in [0.2, 0.25) is 5.02 Å². The van der Waals surface area contributed by atoms with Crippen LogP contribution in [0.4, 0.5) is 10.5 Å². The van der Waals surface area contributed by atoms with Crippen molar-refractivity contribution in [2.24, 2.45) is 0 Å². The van der Waals surface area contributed by atoms with E-state index in [1.54, 1.807) is 43.3 Å². The van der Waals surface area contributed by atoms with E-state index >= 15 is 0 Å². The molecule has 1 N–H and O–H groups in total. The number of carbonyl (C=O) groups excluding carboxylic acids is 3. The topological polar surface area (TPSA) is 94.2 Å². The third kappa shape index (κ3) is 5.58. The Morgan fingerprint density at radius 2 is 1.79 bits per heavy atom. The summed E-state index contributed by atoms with van der Waals surface area (Å²) in [5.41, 5.74) is 0.491. The van der Waals surface area contributed by atoms with Crippen molar-refractivity contribution in [3.63, 3.8) is 0 Å². The molecule has 0 aromatic heterocycles. The van der Waals surface area contributed by atoms with E-state index in [0.29, 0.717) is 41.7 Å². The number of amides is 4. The predicted molar refractivity (Wildman–Crippen MR) is 130 cm³/mol. The van der Waals surface area contributed by atoms with Gasteiger partial charge in [0.25, 0.3) is 11.8 Å². The molecule has 0 bridgehead atoms. The quantitative estimate of drug-likeness (QED) is 0.297. The molecule has 1 aliphatic rings. The number of benzene rings is 2. The summed E-state index contributed by atoms with van der Waals surface area (Å²) in [7, 11) is 0. The lowest BCUT2D eigenvalue weighted by Crippen LogP contribution is -2.54. The van der Waals surface area contributed by atoms with E-state index in [0.717, 1.165) is 11.3 Å². The highest BCUT2D eigenvalue weighted by molar-refractivity contribution is 6.39. The van der Waals surface area contributed by atoms with Gasteiger partial charge >= 0.3 is 6.03 Å². The lowest BCUT2D eigenvalue weighted by atomic mass is 10.1. The van der Waals surface area contributed by atoms with Gasteiger partial charge in [-0.15, -0.1) is 0 Å². The Kier molecular flexibility index (Phi) is 8.32. The van der Waals surface area contributed by atoms with Crippen LogP contribution in [-0.2, 0) is 9.59 Å². The molecule has 2 aromatic rings. The molecule has 1 aliphatic heterocycles. The highest BCUT2D eigenvalue weighted by Gasteiger charge is 2.37. The van der Waals surface area contributed by atoms with E-state index < -0.39 is 17.8 Å². The van der Waals surface area contributed by atoms with Gasteiger partial charge in [0, 0.05) is 0 Å². The van der Waals surface area contributed by atoms with Crippen LogP contribution in [0, 0.1) is 0 Å². The summed E-state index contributed by atoms with van der Waals surface area (Å²) in [4.78, 5) is 39.0. The monoisotopic (exact) mass is 484 g/mol. The van der Waals surface area contributed by atoms with Crippen molar-refractivity contribution in [3.8, 4) is 17.2 Å². The molecular weight excluding hydrogens is 460 g/mol. The predicted octanol–water partition coefficient (Wildman–Crippen LogP) is 4.76. The lowest BCUT2D eigenvalue weighted by Gasteiger charge is -2.26. The Morgan fingerprint density at radius 1 is 1.06 bits per heavy atom. The number of rotatable bonds is 10. The van der Waals surface area contributed by atoms with E-state index in [-0.39, 0.29) is 17.2 Å². The lowest BCUT2D eigenvalue weighted by molar-refractivity contribution is -0.122. The van der Waals surface area contributed by atoms with Gasteiger partial charge < -0.3 is 14.2 Å². The first-order valence-corrected chi connectivity index (χ1v) is 11.1. The average Bonchev–Trinajstić information content (AvgIpc) is 2.81.